The Kier molecular flexibility index (Phi) is 3.84. The Morgan fingerprint density at radius 2 is 1.24 bits per heavy atom. The SMILES string of the molecule is [Li+].[c-]1cccc2cccc(-c3cccc4ccccc34)c12. The van der Waals surface area contributed by atoms with Gasteiger partial charge in [-0.2, -0.15) is 0 Å². The third-order valence-electron chi connectivity index (χ3n) is 3.78. The molecule has 0 bridgehead atoms. The molecule has 0 aliphatic rings. The van der Waals surface area contributed by atoms with Crippen molar-refractivity contribution in [2.75, 3.05) is 0 Å². The van der Waals surface area contributed by atoms with Crippen molar-refractivity contribution in [3.05, 3.63) is 84.9 Å². The van der Waals surface area contributed by atoms with Crippen molar-refractivity contribution >= 4 is 21.5 Å². The standard InChI is InChI=1S/C20H13.Li/c1-3-11-17-15(7-1)9-5-13-19(17)20-14-6-10-16-8-2-4-12-18(16)20;/h1-11,13-14H;/q-1;+1. The molecule has 94 valence electrons. The van der Waals surface area contributed by atoms with Crippen molar-refractivity contribution in [1.29, 1.82) is 0 Å². The molecule has 0 saturated heterocycles. The van der Waals surface area contributed by atoms with E-state index in [0.29, 0.717) is 0 Å². The van der Waals surface area contributed by atoms with E-state index in [-0.39, 0.29) is 18.9 Å². The molecule has 0 saturated carbocycles. The molecule has 0 aliphatic carbocycles. The zero-order valence-electron chi connectivity index (χ0n) is 12.0. The summed E-state index contributed by atoms with van der Waals surface area (Å²) in [5, 5.41) is 4.99. The summed E-state index contributed by atoms with van der Waals surface area (Å²) in [6.45, 7) is 0. The minimum absolute atomic E-state index is 0. The summed E-state index contributed by atoms with van der Waals surface area (Å²) in [7, 11) is 0. The first-order valence-corrected chi connectivity index (χ1v) is 6.81. The molecule has 4 aromatic carbocycles. The predicted molar refractivity (Wildman–Crippen MR) is 85.7 cm³/mol. The molecule has 0 nitrogen and oxygen atoms in total. The quantitative estimate of drug-likeness (QED) is 0.364. The fraction of sp³-hybridized carbons (Fsp3) is 0. The summed E-state index contributed by atoms with van der Waals surface area (Å²) >= 11 is 0. The van der Waals surface area contributed by atoms with Gasteiger partial charge in [-0.05, 0) is 10.8 Å². The average molecular weight is 260 g/mol. The summed E-state index contributed by atoms with van der Waals surface area (Å²) in [4.78, 5) is 0. The minimum atomic E-state index is 0. The van der Waals surface area contributed by atoms with Crippen molar-refractivity contribution in [2.24, 2.45) is 0 Å². The largest absolute Gasteiger partial charge is 1.00 e. The van der Waals surface area contributed by atoms with Gasteiger partial charge in [0.15, 0.2) is 0 Å². The zero-order chi connectivity index (χ0) is 13.4. The van der Waals surface area contributed by atoms with Gasteiger partial charge in [0.25, 0.3) is 0 Å². The summed E-state index contributed by atoms with van der Waals surface area (Å²) < 4.78 is 0. The number of rotatable bonds is 1. The van der Waals surface area contributed by atoms with E-state index < -0.39 is 0 Å². The smallest absolute Gasteiger partial charge is 0.147 e. The molecular formula is C20H13Li. The molecule has 0 atom stereocenters. The van der Waals surface area contributed by atoms with Gasteiger partial charge in [0.2, 0.25) is 0 Å². The van der Waals surface area contributed by atoms with Crippen LogP contribution in [0.5, 0.6) is 0 Å². The second-order valence-electron chi connectivity index (χ2n) is 4.97. The van der Waals surface area contributed by atoms with Crippen LogP contribution in [0.4, 0.5) is 0 Å². The van der Waals surface area contributed by atoms with Crippen molar-refractivity contribution in [1.82, 2.24) is 0 Å². The van der Waals surface area contributed by atoms with E-state index in [0.717, 1.165) is 0 Å². The summed E-state index contributed by atoms with van der Waals surface area (Å²) in [6.07, 6.45) is 0. The number of hydrogen-bond acceptors (Lipinski definition) is 0. The van der Waals surface area contributed by atoms with Crippen LogP contribution in [0.3, 0.4) is 0 Å². The summed E-state index contributed by atoms with van der Waals surface area (Å²) in [6, 6.07) is 31.0. The molecule has 0 spiro atoms. The van der Waals surface area contributed by atoms with Crippen LogP contribution in [0.25, 0.3) is 32.7 Å². The van der Waals surface area contributed by atoms with E-state index in [1.807, 2.05) is 12.1 Å². The molecule has 4 aromatic rings. The molecule has 1 heteroatoms. The van der Waals surface area contributed by atoms with Crippen LogP contribution in [0, 0.1) is 6.07 Å². The van der Waals surface area contributed by atoms with E-state index in [4.69, 9.17) is 0 Å². The second-order valence-corrected chi connectivity index (χ2v) is 4.97. The molecule has 0 N–H and O–H groups in total. The Morgan fingerprint density at radius 3 is 2.14 bits per heavy atom. The molecular weight excluding hydrogens is 247 g/mol. The normalized spacial score (nSPS) is 10.5. The van der Waals surface area contributed by atoms with Gasteiger partial charge in [0.1, 0.15) is 0 Å². The molecule has 0 amide bonds. The fourth-order valence-electron chi connectivity index (χ4n) is 2.84. The van der Waals surface area contributed by atoms with Gasteiger partial charge >= 0.3 is 18.9 Å². The monoisotopic (exact) mass is 260 g/mol. The molecule has 4 rings (SSSR count). The van der Waals surface area contributed by atoms with Gasteiger partial charge in [-0.15, -0.1) is 35.0 Å². The van der Waals surface area contributed by atoms with E-state index in [9.17, 15) is 0 Å². The Bertz CT molecular complexity index is 821. The summed E-state index contributed by atoms with van der Waals surface area (Å²) in [5.41, 5.74) is 2.52. The van der Waals surface area contributed by atoms with Crippen molar-refractivity contribution in [2.45, 2.75) is 0 Å². The maximum Gasteiger partial charge on any atom is 1.00 e. The van der Waals surface area contributed by atoms with Gasteiger partial charge in [-0.1, -0.05) is 71.8 Å². The topological polar surface area (TPSA) is 0 Å². The van der Waals surface area contributed by atoms with Gasteiger partial charge in [-0.3, -0.25) is 0 Å². The average Bonchev–Trinajstić information content (AvgIpc) is 2.54. The van der Waals surface area contributed by atoms with Crippen LogP contribution in [-0.4, -0.2) is 0 Å². The summed E-state index contributed by atoms with van der Waals surface area (Å²) in [5.74, 6) is 0. The number of fused-ring (bicyclic) bond motifs is 2. The second kappa shape index (κ2) is 5.78. The van der Waals surface area contributed by atoms with Crippen LogP contribution in [0.2, 0.25) is 0 Å². The Labute approximate surface area is 136 Å². The van der Waals surface area contributed by atoms with E-state index in [2.05, 4.69) is 72.8 Å². The molecule has 0 aromatic heterocycles. The van der Waals surface area contributed by atoms with E-state index >= 15 is 0 Å². The maximum absolute atomic E-state index is 3.38. The third kappa shape index (κ3) is 2.38. The van der Waals surface area contributed by atoms with Gasteiger partial charge in [0.05, 0.1) is 0 Å². The van der Waals surface area contributed by atoms with Crippen molar-refractivity contribution in [3.8, 4) is 11.1 Å². The molecule has 0 aliphatic heterocycles. The first kappa shape index (κ1) is 14.0. The zero-order valence-corrected chi connectivity index (χ0v) is 12.0. The Morgan fingerprint density at radius 1 is 0.571 bits per heavy atom. The number of benzene rings is 4. The fourth-order valence-corrected chi connectivity index (χ4v) is 2.84. The Balaban J connectivity index is 0.00000132. The molecule has 21 heavy (non-hydrogen) atoms. The third-order valence-corrected chi connectivity index (χ3v) is 3.78. The molecule has 0 radical (unpaired) electrons. The van der Waals surface area contributed by atoms with Gasteiger partial charge in [0, 0.05) is 0 Å². The van der Waals surface area contributed by atoms with Crippen molar-refractivity contribution < 1.29 is 18.9 Å². The van der Waals surface area contributed by atoms with Crippen LogP contribution >= 0.6 is 0 Å². The Hall–Kier alpha value is -2.00. The number of hydrogen-bond donors (Lipinski definition) is 0. The van der Waals surface area contributed by atoms with E-state index in [1.165, 1.54) is 32.7 Å². The van der Waals surface area contributed by atoms with Crippen LogP contribution in [0.1, 0.15) is 0 Å². The minimum Gasteiger partial charge on any atom is -0.147 e. The maximum atomic E-state index is 3.38. The molecule has 0 unspecified atom stereocenters. The first-order chi connectivity index (χ1) is 9.93. The molecule has 0 fully saturated rings. The van der Waals surface area contributed by atoms with Crippen molar-refractivity contribution in [3.63, 3.8) is 0 Å². The van der Waals surface area contributed by atoms with E-state index in [1.54, 1.807) is 0 Å². The first-order valence-electron chi connectivity index (χ1n) is 6.81. The van der Waals surface area contributed by atoms with Crippen LogP contribution in [0.15, 0.2) is 78.9 Å². The van der Waals surface area contributed by atoms with Crippen LogP contribution in [-0.2, 0) is 0 Å². The van der Waals surface area contributed by atoms with Gasteiger partial charge < -0.3 is 0 Å². The van der Waals surface area contributed by atoms with Gasteiger partial charge in [-0.25, -0.2) is 0 Å². The molecule has 0 heterocycles. The van der Waals surface area contributed by atoms with Crippen LogP contribution < -0.4 is 18.9 Å². The predicted octanol–water partition coefficient (Wildman–Crippen LogP) is 2.46.